The van der Waals surface area contributed by atoms with Crippen molar-refractivity contribution < 1.29 is 5.11 Å². The van der Waals surface area contributed by atoms with Crippen LogP contribution in [0, 0.1) is 0 Å². The van der Waals surface area contributed by atoms with Gasteiger partial charge in [0.15, 0.2) is 0 Å². The van der Waals surface area contributed by atoms with Gasteiger partial charge in [0.05, 0.1) is 6.61 Å². The Balaban J connectivity index is 2.85. The summed E-state index contributed by atoms with van der Waals surface area (Å²) in [5, 5.41) is 9.93. The fourth-order valence-corrected chi connectivity index (χ4v) is 1.71. The van der Waals surface area contributed by atoms with E-state index >= 15 is 0 Å². The van der Waals surface area contributed by atoms with Crippen molar-refractivity contribution in [3.63, 3.8) is 0 Å². The Hall–Kier alpha value is -0.730. The van der Waals surface area contributed by atoms with E-state index in [0.29, 0.717) is 5.02 Å². The van der Waals surface area contributed by atoms with Gasteiger partial charge in [0.25, 0.3) is 0 Å². The molecule has 0 fully saturated rings. The van der Waals surface area contributed by atoms with E-state index in [1.54, 1.807) is 0 Å². The van der Waals surface area contributed by atoms with Crippen LogP contribution in [0.2, 0.25) is 5.02 Å². The number of benzene rings is 1. The quantitative estimate of drug-likeness (QED) is 0.836. The predicted molar refractivity (Wildman–Crippen MR) is 65.6 cm³/mol. The van der Waals surface area contributed by atoms with Gasteiger partial charge in [0.1, 0.15) is 0 Å². The van der Waals surface area contributed by atoms with Crippen LogP contribution >= 0.6 is 11.6 Å². The molecule has 0 saturated heterocycles. The van der Waals surface area contributed by atoms with Crippen LogP contribution in [0.5, 0.6) is 0 Å². The number of hydrogen-bond donors (Lipinski definition) is 1. The summed E-state index contributed by atoms with van der Waals surface area (Å²) in [4.78, 5) is 2.14. The third-order valence-electron chi connectivity index (χ3n) is 2.48. The molecule has 0 heterocycles. The second-order valence-electron chi connectivity index (χ2n) is 3.71. The molecule has 0 aromatic heterocycles. The fourth-order valence-electron chi connectivity index (χ4n) is 1.54. The summed E-state index contributed by atoms with van der Waals surface area (Å²) in [6.45, 7) is 3.21. The lowest BCUT2D eigenvalue weighted by atomic mass is 10.1. The van der Waals surface area contributed by atoms with E-state index in [4.69, 9.17) is 11.6 Å². The lowest BCUT2D eigenvalue weighted by molar-refractivity contribution is 0.282. The highest BCUT2D eigenvalue weighted by Crippen LogP contribution is 2.24. The highest BCUT2D eigenvalue weighted by atomic mass is 35.5. The maximum absolute atomic E-state index is 9.21. The summed E-state index contributed by atoms with van der Waals surface area (Å²) in [5.41, 5.74) is 1.96. The maximum atomic E-state index is 9.21. The molecule has 1 aromatic carbocycles. The Morgan fingerprint density at radius 1 is 1.40 bits per heavy atom. The van der Waals surface area contributed by atoms with Gasteiger partial charge in [-0.25, -0.2) is 0 Å². The molecule has 0 atom stereocenters. The molecule has 15 heavy (non-hydrogen) atoms. The maximum Gasteiger partial charge on any atom is 0.0702 e. The van der Waals surface area contributed by atoms with Crippen LogP contribution < -0.4 is 4.90 Å². The van der Waals surface area contributed by atoms with Crippen LogP contribution in [-0.2, 0) is 6.61 Å². The number of halogens is 1. The first-order valence-electron chi connectivity index (χ1n) is 5.29. The van der Waals surface area contributed by atoms with Crippen molar-refractivity contribution in [1.82, 2.24) is 0 Å². The van der Waals surface area contributed by atoms with E-state index in [1.165, 1.54) is 6.42 Å². The van der Waals surface area contributed by atoms with Crippen molar-refractivity contribution in [3.8, 4) is 0 Å². The number of unbranched alkanes of at least 4 members (excludes halogenated alkanes) is 1. The molecule has 3 heteroatoms. The molecule has 0 unspecified atom stereocenters. The lowest BCUT2D eigenvalue weighted by Gasteiger charge is -2.21. The summed E-state index contributed by atoms with van der Waals surface area (Å²) in [6, 6.07) is 5.59. The first-order chi connectivity index (χ1) is 7.19. The minimum absolute atomic E-state index is 0.0585. The number of nitrogens with zero attached hydrogens (tertiary/aromatic N) is 1. The molecule has 0 aliphatic rings. The highest BCUT2D eigenvalue weighted by molar-refractivity contribution is 6.30. The molecular weight excluding hydrogens is 210 g/mol. The molecule has 1 rings (SSSR count). The molecule has 1 N–H and O–H groups in total. The smallest absolute Gasteiger partial charge is 0.0702 e. The zero-order chi connectivity index (χ0) is 11.3. The van der Waals surface area contributed by atoms with Gasteiger partial charge >= 0.3 is 0 Å². The molecule has 0 saturated carbocycles. The van der Waals surface area contributed by atoms with Gasteiger partial charge in [-0.1, -0.05) is 31.0 Å². The van der Waals surface area contributed by atoms with Gasteiger partial charge < -0.3 is 10.0 Å². The predicted octanol–water partition coefficient (Wildman–Crippen LogP) is 3.07. The average molecular weight is 228 g/mol. The molecule has 84 valence electrons. The molecule has 0 radical (unpaired) electrons. The van der Waals surface area contributed by atoms with Crippen LogP contribution in [0.4, 0.5) is 5.69 Å². The topological polar surface area (TPSA) is 23.5 Å². The summed E-state index contributed by atoms with van der Waals surface area (Å²) in [7, 11) is 2.03. The van der Waals surface area contributed by atoms with Crippen molar-refractivity contribution >= 4 is 17.3 Å². The van der Waals surface area contributed by atoms with E-state index in [2.05, 4.69) is 11.8 Å². The standard InChI is InChI=1S/C12H18ClNO/c1-3-4-7-14(2)12-8-11(13)6-5-10(12)9-15/h5-6,8,15H,3-4,7,9H2,1-2H3. The number of aliphatic hydroxyl groups excluding tert-OH is 1. The third kappa shape index (κ3) is 3.40. The lowest BCUT2D eigenvalue weighted by Crippen LogP contribution is -2.19. The second-order valence-corrected chi connectivity index (χ2v) is 4.14. The largest absolute Gasteiger partial charge is 0.392 e. The molecule has 0 aliphatic heterocycles. The van der Waals surface area contributed by atoms with E-state index in [1.807, 2.05) is 25.2 Å². The molecule has 2 nitrogen and oxygen atoms in total. The van der Waals surface area contributed by atoms with Gasteiger partial charge in [-0.2, -0.15) is 0 Å². The van der Waals surface area contributed by atoms with Crippen LogP contribution in [0.3, 0.4) is 0 Å². The van der Waals surface area contributed by atoms with Gasteiger partial charge in [0, 0.05) is 29.9 Å². The van der Waals surface area contributed by atoms with Crippen molar-refractivity contribution in [2.75, 3.05) is 18.5 Å². The van der Waals surface area contributed by atoms with Crippen LogP contribution in [0.25, 0.3) is 0 Å². The number of hydrogen-bond acceptors (Lipinski definition) is 2. The van der Waals surface area contributed by atoms with Gasteiger partial charge in [-0.15, -0.1) is 0 Å². The van der Waals surface area contributed by atoms with Crippen LogP contribution in [0.1, 0.15) is 25.3 Å². The van der Waals surface area contributed by atoms with Gasteiger partial charge in [-0.05, 0) is 18.6 Å². The van der Waals surface area contributed by atoms with Crippen molar-refractivity contribution in [2.45, 2.75) is 26.4 Å². The Morgan fingerprint density at radius 2 is 2.13 bits per heavy atom. The number of rotatable bonds is 5. The van der Waals surface area contributed by atoms with Crippen molar-refractivity contribution in [2.24, 2.45) is 0 Å². The Morgan fingerprint density at radius 3 is 2.73 bits per heavy atom. The SMILES string of the molecule is CCCCN(C)c1cc(Cl)ccc1CO. The minimum atomic E-state index is 0.0585. The minimum Gasteiger partial charge on any atom is -0.392 e. The zero-order valence-electron chi connectivity index (χ0n) is 9.33. The van der Waals surface area contributed by atoms with Gasteiger partial charge in [-0.3, -0.25) is 0 Å². The fraction of sp³-hybridized carbons (Fsp3) is 0.500. The molecule has 1 aromatic rings. The normalized spacial score (nSPS) is 10.4. The third-order valence-corrected chi connectivity index (χ3v) is 2.71. The second kappa shape index (κ2) is 5.99. The zero-order valence-corrected chi connectivity index (χ0v) is 10.1. The molecule has 0 aliphatic carbocycles. The first-order valence-corrected chi connectivity index (χ1v) is 5.67. The summed E-state index contributed by atoms with van der Waals surface area (Å²) in [5.74, 6) is 0. The highest BCUT2D eigenvalue weighted by Gasteiger charge is 2.06. The van der Waals surface area contributed by atoms with E-state index < -0.39 is 0 Å². The summed E-state index contributed by atoms with van der Waals surface area (Å²) >= 11 is 5.94. The van der Waals surface area contributed by atoms with Crippen LogP contribution in [-0.4, -0.2) is 18.7 Å². The van der Waals surface area contributed by atoms with Crippen LogP contribution in [0.15, 0.2) is 18.2 Å². The molecule has 0 amide bonds. The Labute approximate surface area is 96.5 Å². The summed E-state index contributed by atoms with van der Waals surface area (Å²) < 4.78 is 0. The van der Waals surface area contributed by atoms with E-state index in [9.17, 15) is 5.11 Å². The Bertz CT molecular complexity index is 314. The van der Waals surface area contributed by atoms with Crippen molar-refractivity contribution in [1.29, 1.82) is 0 Å². The number of aliphatic hydroxyl groups is 1. The average Bonchev–Trinajstić information content (AvgIpc) is 2.25. The van der Waals surface area contributed by atoms with E-state index in [0.717, 1.165) is 24.2 Å². The Kier molecular flexibility index (Phi) is 4.92. The molecule has 0 spiro atoms. The van der Waals surface area contributed by atoms with E-state index in [-0.39, 0.29) is 6.61 Å². The summed E-state index contributed by atoms with van der Waals surface area (Å²) in [6.07, 6.45) is 2.31. The van der Waals surface area contributed by atoms with Gasteiger partial charge in [0.2, 0.25) is 0 Å². The monoisotopic (exact) mass is 227 g/mol. The molecular formula is C12H18ClNO. The number of anilines is 1. The molecule has 0 bridgehead atoms. The first kappa shape index (κ1) is 12.3. The van der Waals surface area contributed by atoms with Crippen molar-refractivity contribution in [3.05, 3.63) is 28.8 Å².